The summed E-state index contributed by atoms with van der Waals surface area (Å²) in [6.45, 7) is 0. The average molecular weight is 213 g/mol. The molecule has 14 heavy (non-hydrogen) atoms. The molecule has 1 N–H and O–H groups in total. The van der Waals surface area contributed by atoms with Crippen LogP contribution in [0.25, 0.3) is 10.9 Å². The van der Waals surface area contributed by atoms with E-state index in [9.17, 15) is 12.8 Å². The Morgan fingerprint density at radius 2 is 2.07 bits per heavy atom. The number of hydrogen-bond acceptors (Lipinski definition) is 2. The largest absolute Gasteiger partial charge is 0.359 e. The third-order valence-corrected chi connectivity index (χ3v) is 3.14. The van der Waals surface area contributed by atoms with Crippen molar-refractivity contribution in [2.45, 2.75) is 4.90 Å². The van der Waals surface area contributed by atoms with Gasteiger partial charge in [0.1, 0.15) is 5.82 Å². The Kier molecular flexibility index (Phi) is 1.85. The molecular weight excluding hydrogens is 205 g/mol. The molecule has 0 fully saturated rings. The minimum absolute atomic E-state index is 0.128. The van der Waals surface area contributed by atoms with E-state index in [4.69, 9.17) is 0 Å². The summed E-state index contributed by atoms with van der Waals surface area (Å²) < 4.78 is 35.4. The molecule has 0 atom stereocenters. The first-order valence-electron chi connectivity index (χ1n) is 3.95. The molecule has 2 aromatic rings. The molecule has 0 unspecified atom stereocenters. The van der Waals surface area contributed by atoms with Gasteiger partial charge in [-0.15, -0.1) is 0 Å². The summed E-state index contributed by atoms with van der Waals surface area (Å²) in [5.74, 6) is -0.439. The second-order valence-corrected chi connectivity index (χ2v) is 5.13. The van der Waals surface area contributed by atoms with Gasteiger partial charge >= 0.3 is 0 Å². The highest BCUT2D eigenvalue weighted by Gasteiger charge is 2.10. The van der Waals surface area contributed by atoms with Gasteiger partial charge in [-0.25, -0.2) is 12.8 Å². The number of H-pyrrole nitrogens is 1. The van der Waals surface area contributed by atoms with Gasteiger partial charge in [0.05, 0.1) is 4.90 Å². The van der Waals surface area contributed by atoms with Crippen LogP contribution >= 0.6 is 0 Å². The summed E-state index contributed by atoms with van der Waals surface area (Å²) in [7, 11) is -3.27. The van der Waals surface area contributed by atoms with Crippen molar-refractivity contribution in [1.29, 1.82) is 0 Å². The van der Waals surface area contributed by atoms with Crippen LogP contribution in [0.15, 0.2) is 29.3 Å². The summed E-state index contributed by atoms with van der Waals surface area (Å²) >= 11 is 0. The summed E-state index contributed by atoms with van der Waals surface area (Å²) in [6, 6.07) is 4.33. The molecule has 0 radical (unpaired) electrons. The number of benzene rings is 1. The van der Waals surface area contributed by atoms with Crippen LogP contribution in [0, 0.1) is 5.82 Å². The van der Waals surface area contributed by atoms with Crippen LogP contribution in [0.5, 0.6) is 0 Å². The van der Waals surface area contributed by atoms with Crippen LogP contribution in [0.4, 0.5) is 4.39 Å². The maximum absolute atomic E-state index is 13.1. The van der Waals surface area contributed by atoms with Crippen LogP contribution in [-0.4, -0.2) is 19.7 Å². The Balaban J connectivity index is 2.79. The van der Waals surface area contributed by atoms with Gasteiger partial charge in [0.2, 0.25) is 0 Å². The standard InChI is InChI=1S/C9H8FNO2S/c1-14(12,13)6-2-3-9-7(4-6)8(10)5-11-9/h2-5,11H,1H3. The minimum atomic E-state index is -3.27. The number of sulfone groups is 1. The maximum Gasteiger partial charge on any atom is 0.175 e. The second kappa shape index (κ2) is 2.81. The number of rotatable bonds is 1. The normalized spacial score (nSPS) is 12.1. The van der Waals surface area contributed by atoms with Gasteiger partial charge in [-0.05, 0) is 18.2 Å². The fraction of sp³-hybridized carbons (Fsp3) is 0.111. The minimum Gasteiger partial charge on any atom is -0.359 e. The van der Waals surface area contributed by atoms with Crippen molar-refractivity contribution in [1.82, 2.24) is 4.98 Å². The highest BCUT2D eigenvalue weighted by Crippen LogP contribution is 2.20. The molecule has 0 bridgehead atoms. The fourth-order valence-electron chi connectivity index (χ4n) is 1.30. The first-order chi connectivity index (χ1) is 6.48. The molecule has 0 saturated heterocycles. The first kappa shape index (κ1) is 9.21. The van der Waals surface area contributed by atoms with Crippen LogP contribution in [0.2, 0.25) is 0 Å². The van der Waals surface area contributed by atoms with Gasteiger partial charge in [-0.3, -0.25) is 0 Å². The van der Waals surface area contributed by atoms with E-state index in [2.05, 4.69) is 4.98 Å². The lowest BCUT2D eigenvalue weighted by Crippen LogP contribution is -1.96. The third kappa shape index (κ3) is 1.39. The van der Waals surface area contributed by atoms with Crippen molar-refractivity contribution >= 4 is 20.7 Å². The van der Waals surface area contributed by atoms with E-state index in [1.807, 2.05) is 0 Å². The van der Waals surface area contributed by atoms with Gasteiger partial charge in [0.15, 0.2) is 9.84 Å². The zero-order chi connectivity index (χ0) is 10.3. The molecule has 0 aliphatic heterocycles. The van der Waals surface area contributed by atoms with E-state index in [-0.39, 0.29) is 4.90 Å². The Morgan fingerprint density at radius 3 is 2.71 bits per heavy atom. The quantitative estimate of drug-likeness (QED) is 0.784. The van der Waals surface area contributed by atoms with Crippen molar-refractivity contribution in [3.05, 3.63) is 30.2 Å². The molecule has 0 saturated carbocycles. The lowest BCUT2D eigenvalue weighted by Gasteiger charge is -1.97. The number of aromatic amines is 1. The molecule has 1 aromatic carbocycles. The smallest absolute Gasteiger partial charge is 0.175 e. The summed E-state index contributed by atoms with van der Waals surface area (Å²) in [6.07, 6.45) is 2.30. The number of aromatic nitrogens is 1. The Hall–Kier alpha value is -1.36. The van der Waals surface area contributed by atoms with Crippen molar-refractivity contribution < 1.29 is 12.8 Å². The maximum atomic E-state index is 13.1. The topological polar surface area (TPSA) is 49.9 Å². The molecule has 2 rings (SSSR count). The van der Waals surface area contributed by atoms with E-state index in [0.717, 1.165) is 6.26 Å². The predicted molar refractivity (Wildman–Crippen MR) is 51.4 cm³/mol. The molecule has 74 valence electrons. The highest BCUT2D eigenvalue weighted by atomic mass is 32.2. The molecule has 5 heteroatoms. The Morgan fingerprint density at radius 1 is 1.36 bits per heavy atom. The molecule has 3 nitrogen and oxygen atoms in total. The van der Waals surface area contributed by atoms with Gasteiger partial charge < -0.3 is 4.98 Å². The van der Waals surface area contributed by atoms with E-state index in [1.54, 1.807) is 6.07 Å². The highest BCUT2D eigenvalue weighted by molar-refractivity contribution is 7.90. The molecule has 0 spiro atoms. The number of hydrogen-bond donors (Lipinski definition) is 1. The molecule has 0 amide bonds. The summed E-state index contributed by atoms with van der Waals surface area (Å²) in [4.78, 5) is 2.82. The molecular formula is C9H8FNO2S. The van der Waals surface area contributed by atoms with E-state index in [0.29, 0.717) is 10.9 Å². The monoisotopic (exact) mass is 213 g/mol. The zero-order valence-corrected chi connectivity index (χ0v) is 8.23. The van der Waals surface area contributed by atoms with Crippen LogP contribution < -0.4 is 0 Å². The lowest BCUT2D eigenvalue weighted by atomic mass is 10.2. The SMILES string of the molecule is CS(=O)(=O)c1ccc2[nH]cc(F)c2c1. The van der Waals surface area contributed by atoms with Crippen molar-refractivity contribution in [2.24, 2.45) is 0 Å². The van der Waals surface area contributed by atoms with Crippen LogP contribution in [-0.2, 0) is 9.84 Å². The van der Waals surface area contributed by atoms with Crippen molar-refractivity contribution in [2.75, 3.05) is 6.26 Å². The van der Waals surface area contributed by atoms with Crippen molar-refractivity contribution in [3.63, 3.8) is 0 Å². The Labute approximate surface area is 80.5 Å². The second-order valence-electron chi connectivity index (χ2n) is 3.12. The molecule has 0 aliphatic rings. The van der Waals surface area contributed by atoms with Gasteiger partial charge in [0.25, 0.3) is 0 Å². The van der Waals surface area contributed by atoms with E-state index < -0.39 is 15.7 Å². The fourth-order valence-corrected chi connectivity index (χ4v) is 1.94. The van der Waals surface area contributed by atoms with E-state index in [1.165, 1.54) is 18.3 Å². The zero-order valence-electron chi connectivity index (χ0n) is 7.41. The third-order valence-electron chi connectivity index (χ3n) is 2.03. The lowest BCUT2D eigenvalue weighted by molar-refractivity contribution is 0.602. The van der Waals surface area contributed by atoms with Gasteiger partial charge in [-0.1, -0.05) is 0 Å². The van der Waals surface area contributed by atoms with Gasteiger partial charge in [-0.2, -0.15) is 0 Å². The summed E-state index contributed by atoms with van der Waals surface area (Å²) in [5, 5.41) is 0.299. The van der Waals surface area contributed by atoms with Crippen molar-refractivity contribution in [3.8, 4) is 0 Å². The number of halogens is 1. The Bertz CT molecular complexity index is 586. The number of fused-ring (bicyclic) bond motifs is 1. The first-order valence-corrected chi connectivity index (χ1v) is 5.84. The van der Waals surface area contributed by atoms with Gasteiger partial charge in [0, 0.05) is 23.4 Å². The summed E-state index contributed by atoms with van der Waals surface area (Å²) in [5.41, 5.74) is 0.593. The molecule has 1 heterocycles. The molecule has 1 aromatic heterocycles. The van der Waals surface area contributed by atoms with Crippen LogP contribution in [0.1, 0.15) is 0 Å². The average Bonchev–Trinajstić information content (AvgIpc) is 2.46. The molecule has 0 aliphatic carbocycles. The number of nitrogens with one attached hydrogen (secondary N) is 1. The predicted octanol–water partition coefficient (Wildman–Crippen LogP) is 1.71. The van der Waals surface area contributed by atoms with E-state index >= 15 is 0 Å². The van der Waals surface area contributed by atoms with Crippen LogP contribution in [0.3, 0.4) is 0 Å².